The van der Waals surface area contributed by atoms with Gasteiger partial charge in [-0.05, 0) is 12.8 Å². The minimum absolute atomic E-state index is 0.0628. The van der Waals surface area contributed by atoms with Crippen molar-refractivity contribution in [3.8, 4) is 0 Å². The standard InChI is InChI=1S/C6H10O4.2C2H4O2.C2H6O2/c7-5(8)3-1-2-4-6(9)10;2*1-2(3)4;3-1-2-4/h1-4H2,(H,7,8)(H,9,10);2*1H3,(H,3,4);3-4H,1-2H2. The molecule has 10 nitrogen and oxygen atoms in total. The number of aliphatic carboxylic acids is 4. The normalized spacial score (nSPS) is 7.82. The first-order valence-corrected chi connectivity index (χ1v) is 6.05. The van der Waals surface area contributed by atoms with Crippen molar-refractivity contribution in [1.29, 1.82) is 0 Å². The van der Waals surface area contributed by atoms with Gasteiger partial charge in [0.15, 0.2) is 0 Å². The molecule has 22 heavy (non-hydrogen) atoms. The van der Waals surface area contributed by atoms with Gasteiger partial charge in [-0.1, -0.05) is 0 Å². The van der Waals surface area contributed by atoms with Crippen LogP contribution in [0, 0.1) is 0 Å². The van der Waals surface area contributed by atoms with Crippen LogP contribution in [0.4, 0.5) is 0 Å². The lowest BCUT2D eigenvalue weighted by Crippen LogP contribution is -1.97. The van der Waals surface area contributed by atoms with Crippen LogP contribution in [0.15, 0.2) is 0 Å². The van der Waals surface area contributed by atoms with E-state index in [0.717, 1.165) is 13.8 Å². The van der Waals surface area contributed by atoms with Gasteiger partial charge in [-0.3, -0.25) is 19.2 Å². The SMILES string of the molecule is CC(=O)O.CC(=O)O.O=C(O)CCCCC(=O)O.OCCO. The van der Waals surface area contributed by atoms with Crippen LogP contribution in [0.1, 0.15) is 39.5 Å². The fourth-order valence-corrected chi connectivity index (χ4v) is 0.552. The van der Waals surface area contributed by atoms with E-state index >= 15 is 0 Å². The molecule has 0 aliphatic carbocycles. The number of hydrogen-bond acceptors (Lipinski definition) is 6. The lowest BCUT2D eigenvalue weighted by Gasteiger charge is -1.92. The zero-order valence-corrected chi connectivity index (χ0v) is 12.6. The maximum absolute atomic E-state index is 9.90. The van der Waals surface area contributed by atoms with Crippen LogP contribution in [0.5, 0.6) is 0 Å². The molecule has 0 aromatic rings. The molecule has 132 valence electrons. The number of unbranched alkanes of at least 4 members (excludes halogenated alkanes) is 1. The third kappa shape index (κ3) is 149. The number of carboxylic acids is 4. The molecule has 6 N–H and O–H groups in total. The highest BCUT2D eigenvalue weighted by Gasteiger charge is 1.99. The topological polar surface area (TPSA) is 190 Å². The van der Waals surface area contributed by atoms with Crippen molar-refractivity contribution >= 4 is 23.9 Å². The van der Waals surface area contributed by atoms with E-state index in [0.29, 0.717) is 12.8 Å². The first-order valence-electron chi connectivity index (χ1n) is 6.05. The van der Waals surface area contributed by atoms with Gasteiger partial charge in [-0.2, -0.15) is 0 Å². The molecule has 0 bridgehead atoms. The molecular formula is C12H24O10. The van der Waals surface area contributed by atoms with E-state index in [1.54, 1.807) is 0 Å². The summed E-state index contributed by atoms with van der Waals surface area (Å²) in [4.78, 5) is 37.8. The second kappa shape index (κ2) is 23.9. The molecule has 0 radical (unpaired) electrons. The van der Waals surface area contributed by atoms with Crippen LogP contribution >= 0.6 is 0 Å². The monoisotopic (exact) mass is 328 g/mol. The van der Waals surface area contributed by atoms with Crippen molar-refractivity contribution in [1.82, 2.24) is 0 Å². The largest absolute Gasteiger partial charge is 0.481 e. The first kappa shape index (κ1) is 28.0. The summed E-state index contributed by atoms with van der Waals surface area (Å²) in [6.07, 6.45) is 1.02. The third-order valence-corrected chi connectivity index (χ3v) is 1.13. The van der Waals surface area contributed by atoms with Gasteiger partial charge in [0.25, 0.3) is 11.9 Å². The van der Waals surface area contributed by atoms with E-state index in [2.05, 4.69) is 0 Å². The minimum atomic E-state index is -0.870. The van der Waals surface area contributed by atoms with Crippen LogP contribution in [0.3, 0.4) is 0 Å². The predicted molar refractivity (Wildman–Crippen MR) is 74.5 cm³/mol. The molecule has 0 fully saturated rings. The number of hydrogen-bond donors (Lipinski definition) is 6. The van der Waals surface area contributed by atoms with Crippen molar-refractivity contribution in [3.63, 3.8) is 0 Å². The van der Waals surface area contributed by atoms with Crippen LogP contribution < -0.4 is 0 Å². The summed E-state index contributed by atoms with van der Waals surface area (Å²) in [5.41, 5.74) is 0. The lowest BCUT2D eigenvalue weighted by atomic mass is 10.2. The van der Waals surface area contributed by atoms with Crippen LogP contribution in [0.25, 0.3) is 0 Å². The molecule has 0 unspecified atom stereocenters. The smallest absolute Gasteiger partial charge is 0.303 e. The Labute approximate surface area is 127 Å². The predicted octanol–water partition coefficient (Wildman–Crippen LogP) is -0.131. The Balaban J connectivity index is -0.000000112. The zero-order chi connectivity index (χ0) is 18.6. The van der Waals surface area contributed by atoms with Crippen molar-refractivity contribution in [2.24, 2.45) is 0 Å². The maximum Gasteiger partial charge on any atom is 0.303 e. The van der Waals surface area contributed by atoms with Gasteiger partial charge in [0.2, 0.25) is 0 Å². The van der Waals surface area contributed by atoms with Gasteiger partial charge in [-0.15, -0.1) is 0 Å². The molecule has 0 heterocycles. The molecule has 10 heteroatoms. The van der Waals surface area contributed by atoms with E-state index in [9.17, 15) is 9.59 Å². The molecule has 0 aliphatic rings. The second-order valence-electron chi connectivity index (χ2n) is 3.48. The molecular weight excluding hydrogens is 304 g/mol. The highest BCUT2D eigenvalue weighted by molar-refractivity contribution is 5.67. The summed E-state index contributed by atoms with van der Waals surface area (Å²) < 4.78 is 0. The van der Waals surface area contributed by atoms with Gasteiger partial charge in [-0.25, -0.2) is 0 Å². The number of aliphatic hydroxyl groups excluding tert-OH is 2. The Morgan fingerprint density at radius 3 is 0.909 bits per heavy atom. The first-order chi connectivity index (χ1) is 10.0. The fourth-order valence-electron chi connectivity index (χ4n) is 0.552. The van der Waals surface area contributed by atoms with Gasteiger partial charge in [0, 0.05) is 26.7 Å². The summed E-state index contributed by atoms with van der Waals surface area (Å²) in [5.74, 6) is -3.41. The Bertz CT molecular complexity index is 262. The molecule has 0 spiro atoms. The Morgan fingerprint density at radius 1 is 0.636 bits per heavy atom. The number of carboxylic acid groups (broad SMARTS) is 4. The number of carbonyl (C=O) groups is 4. The van der Waals surface area contributed by atoms with E-state index in [1.165, 1.54) is 0 Å². The number of aliphatic hydroxyl groups is 2. The van der Waals surface area contributed by atoms with Crippen molar-refractivity contribution in [3.05, 3.63) is 0 Å². The van der Waals surface area contributed by atoms with Crippen molar-refractivity contribution < 1.29 is 49.8 Å². The highest BCUT2D eigenvalue weighted by atomic mass is 16.4. The molecule has 0 amide bonds. The van der Waals surface area contributed by atoms with Gasteiger partial charge in [0.1, 0.15) is 0 Å². The van der Waals surface area contributed by atoms with Crippen molar-refractivity contribution in [2.75, 3.05) is 13.2 Å². The fraction of sp³-hybridized carbons (Fsp3) is 0.667. The Kier molecular flexibility index (Phi) is 30.4. The van der Waals surface area contributed by atoms with Gasteiger partial charge < -0.3 is 30.6 Å². The molecule has 0 atom stereocenters. The quantitative estimate of drug-likeness (QED) is 0.358. The summed E-state index contributed by atoms with van der Waals surface area (Å²) in [6, 6.07) is 0. The summed E-state index contributed by atoms with van der Waals surface area (Å²) in [7, 11) is 0. The highest BCUT2D eigenvalue weighted by Crippen LogP contribution is 1.98. The average Bonchev–Trinajstić information content (AvgIpc) is 2.33. The van der Waals surface area contributed by atoms with E-state index < -0.39 is 23.9 Å². The van der Waals surface area contributed by atoms with E-state index in [4.69, 9.17) is 40.2 Å². The average molecular weight is 328 g/mol. The number of rotatable bonds is 6. The Hall–Kier alpha value is -2.20. The van der Waals surface area contributed by atoms with Crippen molar-refractivity contribution in [2.45, 2.75) is 39.5 Å². The van der Waals surface area contributed by atoms with Gasteiger partial charge >= 0.3 is 11.9 Å². The molecule has 0 aromatic heterocycles. The second-order valence-corrected chi connectivity index (χ2v) is 3.48. The maximum atomic E-state index is 9.90. The van der Waals surface area contributed by atoms with Crippen LogP contribution in [-0.2, 0) is 19.2 Å². The summed E-state index contributed by atoms with van der Waals surface area (Å²) in [5, 5.41) is 46.3. The molecule has 0 aromatic carbocycles. The lowest BCUT2D eigenvalue weighted by molar-refractivity contribution is -0.139. The molecule has 0 rings (SSSR count). The molecule has 0 saturated heterocycles. The minimum Gasteiger partial charge on any atom is -0.481 e. The van der Waals surface area contributed by atoms with E-state index in [1.807, 2.05) is 0 Å². The zero-order valence-electron chi connectivity index (χ0n) is 12.6. The third-order valence-electron chi connectivity index (χ3n) is 1.13. The molecule has 0 aliphatic heterocycles. The van der Waals surface area contributed by atoms with Crippen LogP contribution in [0.2, 0.25) is 0 Å². The van der Waals surface area contributed by atoms with E-state index in [-0.39, 0.29) is 26.1 Å². The summed E-state index contributed by atoms with van der Waals surface area (Å²) >= 11 is 0. The van der Waals surface area contributed by atoms with Gasteiger partial charge in [0.05, 0.1) is 13.2 Å². The summed E-state index contributed by atoms with van der Waals surface area (Å²) in [6.45, 7) is 1.92. The van der Waals surface area contributed by atoms with Crippen LogP contribution in [-0.4, -0.2) is 67.7 Å². The Morgan fingerprint density at radius 2 is 0.818 bits per heavy atom. The molecule has 0 saturated carbocycles.